The molecule has 1 aliphatic heterocycles. The van der Waals surface area contributed by atoms with Gasteiger partial charge in [-0.05, 0) is 12.5 Å². The first-order chi connectivity index (χ1) is 7.89. The molecule has 2 rings (SSSR count). The monoisotopic (exact) mass is 259 g/mol. The second-order valence-electron chi connectivity index (χ2n) is 4.54. The molecule has 0 aliphatic carbocycles. The van der Waals surface area contributed by atoms with Crippen molar-refractivity contribution in [3.63, 3.8) is 0 Å². The van der Waals surface area contributed by atoms with Crippen molar-refractivity contribution in [3.05, 3.63) is 12.3 Å². The van der Waals surface area contributed by atoms with Gasteiger partial charge in [0.15, 0.2) is 5.03 Å². The van der Waals surface area contributed by atoms with E-state index in [9.17, 15) is 13.5 Å². The van der Waals surface area contributed by atoms with Crippen LogP contribution >= 0.6 is 0 Å². The molecule has 1 N–H and O–H groups in total. The molecule has 0 atom stereocenters. The van der Waals surface area contributed by atoms with Crippen LogP contribution in [0.5, 0.6) is 0 Å². The van der Waals surface area contributed by atoms with Gasteiger partial charge in [0.25, 0.3) is 10.0 Å². The van der Waals surface area contributed by atoms with Crippen LogP contribution < -0.4 is 0 Å². The molecule has 17 heavy (non-hydrogen) atoms. The second kappa shape index (κ2) is 4.08. The van der Waals surface area contributed by atoms with Gasteiger partial charge in [-0.15, -0.1) is 0 Å². The summed E-state index contributed by atoms with van der Waals surface area (Å²) < 4.78 is 26.9. The Morgan fingerprint density at radius 1 is 1.53 bits per heavy atom. The van der Waals surface area contributed by atoms with Crippen molar-refractivity contribution in [2.75, 3.05) is 13.1 Å². The van der Waals surface area contributed by atoms with Gasteiger partial charge in [-0.3, -0.25) is 4.68 Å². The van der Waals surface area contributed by atoms with Gasteiger partial charge in [0.05, 0.1) is 11.8 Å². The van der Waals surface area contributed by atoms with Gasteiger partial charge >= 0.3 is 0 Å². The highest BCUT2D eigenvalue weighted by Crippen LogP contribution is 2.30. The Bertz CT molecular complexity index is 503. The molecule has 0 bridgehead atoms. The van der Waals surface area contributed by atoms with E-state index in [1.54, 1.807) is 7.05 Å². The Hall–Kier alpha value is -0.920. The highest BCUT2D eigenvalue weighted by atomic mass is 32.2. The number of sulfonamides is 1. The summed E-state index contributed by atoms with van der Waals surface area (Å²) in [6.45, 7) is 2.32. The van der Waals surface area contributed by atoms with Gasteiger partial charge in [-0.1, -0.05) is 13.3 Å². The molecule has 1 saturated heterocycles. The molecule has 0 aromatic carbocycles. The van der Waals surface area contributed by atoms with Crippen molar-refractivity contribution < 1.29 is 13.5 Å². The highest BCUT2D eigenvalue weighted by molar-refractivity contribution is 7.89. The van der Waals surface area contributed by atoms with Crippen LogP contribution in [0.3, 0.4) is 0 Å². The van der Waals surface area contributed by atoms with Crippen LogP contribution in [0.25, 0.3) is 0 Å². The Morgan fingerprint density at radius 3 is 2.65 bits per heavy atom. The van der Waals surface area contributed by atoms with E-state index < -0.39 is 15.6 Å². The number of aromatic nitrogens is 2. The topological polar surface area (TPSA) is 75.4 Å². The number of aliphatic hydroxyl groups is 1. The van der Waals surface area contributed by atoms with Gasteiger partial charge < -0.3 is 5.11 Å². The standard InChI is InChI=1S/C10H17N3O3S/c1-3-5-10(14)7-13(8-10)17(15,16)9-4-6-11-12(9)2/h4,6,14H,3,5,7-8H2,1-2H3. The van der Waals surface area contributed by atoms with Crippen molar-refractivity contribution in [3.8, 4) is 0 Å². The Balaban J connectivity index is 2.14. The maximum atomic E-state index is 12.1. The molecule has 0 saturated carbocycles. The minimum absolute atomic E-state index is 0.163. The molecular weight excluding hydrogens is 242 g/mol. The fourth-order valence-corrected chi connectivity index (χ4v) is 3.85. The Labute approximate surface area is 101 Å². The molecule has 96 valence electrons. The summed E-state index contributed by atoms with van der Waals surface area (Å²) in [7, 11) is -1.92. The molecule has 1 aromatic heterocycles. The fraction of sp³-hybridized carbons (Fsp3) is 0.700. The van der Waals surface area contributed by atoms with Gasteiger partial charge in [-0.2, -0.15) is 9.40 Å². The van der Waals surface area contributed by atoms with Gasteiger partial charge in [0.1, 0.15) is 0 Å². The fourth-order valence-electron chi connectivity index (χ4n) is 2.15. The number of hydrogen-bond donors (Lipinski definition) is 1. The molecular formula is C10H17N3O3S. The first kappa shape index (κ1) is 12.5. The van der Waals surface area contributed by atoms with Crippen LogP contribution in [-0.2, 0) is 17.1 Å². The minimum Gasteiger partial charge on any atom is -0.387 e. The maximum absolute atomic E-state index is 12.1. The summed E-state index contributed by atoms with van der Waals surface area (Å²) in [4.78, 5) is 0. The average Bonchev–Trinajstić information content (AvgIpc) is 2.61. The maximum Gasteiger partial charge on any atom is 0.260 e. The van der Waals surface area contributed by atoms with E-state index in [4.69, 9.17) is 0 Å². The SMILES string of the molecule is CCCC1(O)CN(S(=O)(=O)c2ccnn2C)C1. The minimum atomic E-state index is -3.51. The summed E-state index contributed by atoms with van der Waals surface area (Å²) in [6, 6.07) is 1.46. The van der Waals surface area contributed by atoms with E-state index in [1.807, 2.05) is 6.92 Å². The van der Waals surface area contributed by atoms with Crippen LogP contribution in [0, 0.1) is 0 Å². The largest absolute Gasteiger partial charge is 0.387 e. The van der Waals surface area contributed by atoms with Crippen molar-refractivity contribution in [2.24, 2.45) is 7.05 Å². The van der Waals surface area contributed by atoms with E-state index in [0.29, 0.717) is 6.42 Å². The molecule has 6 nitrogen and oxygen atoms in total. The predicted octanol–water partition coefficient (Wildman–Crippen LogP) is -0.0444. The predicted molar refractivity (Wildman–Crippen MR) is 61.8 cm³/mol. The molecule has 1 aromatic rings. The zero-order chi connectivity index (χ0) is 12.7. The van der Waals surface area contributed by atoms with Crippen molar-refractivity contribution in [1.82, 2.24) is 14.1 Å². The molecule has 0 amide bonds. The molecule has 0 spiro atoms. The third kappa shape index (κ3) is 2.10. The van der Waals surface area contributed by atoms with Crippen molar-refractivity contribution >= 4 is 10.0 Å². The zero-order valence-electron chi connectivity index (χ0n) is 10.00. The smallest absolute Gasteiger partial charge is 0.260 e. The van der Waals surface area contributed by atoms with Gasteiger partial charge in [0, 0.05) is 20.1 Å². The van der Waals surface area contributed by atoms with E-state index in [-0.39, 0.29) is 18.1 Å². The van der Waals surface area contributed by atoms with Gasteiger partial charge in [-0.25, -0.2) is 8.42 Å². The van der Waals surface area contributed by atoms with E-state index in [2.05, 4.69) is 5.10 Å². The summed E-state index contributed by atoms with van der Waals surface area (Å²) in [5.74, 6) is 0. The lowest BCUT2D eigenvalue weighted by Crippen LogP contribution is -2.63. The molecule has 1 fully saturated rings. The lowest BCUT2D eigenvalue weighted by atomic mass is 9.92. The average molecular weight is 259 g/mol. The molecule has 1 aliphatic rings. The van der Waals surface area contributed by atoms with Gasteiger partial charge in [0.2, 0.25) is 0 Å². The lowest BCUT2D eigenvalue weighted by Gasteiger charge is -2.45. The summed E-state index contributed by atoms with van der Waals surface area (Å²) in [5.41, 5.74) is -0.847. The van der Waals surface area contributed by atoms with Crippen LogP contribution in [0.2, 0.25) is 0 Å². The number of hydrogen-bond acceptors (Lipinski definition) is 4. The van der Waals surface area contributed by atoms with Crippen LogP contribution in [0.4, 0.5) is 0 Å². The highest BCUT2D eigenvalue weighted by Gasteiger charge is 2.47. The van der Waals surface area contributed by atoms with Crippen LogP contribution in [-0.4, -0.2) is 46.3 Å². The third-order valence-corrected chi connectivity index (χ3v) is 4.90. The molecule has 0 radical (unpaired) electrons. The molecule has 0 unspecified atom stereocenters. The van der Waals surface area contributed by atoms with E-state index in [1.165, 1.54) is 21.3 Å². The number of β-amino-alcohol motifs (C(OH)–C–C–N with tert-alkyl or cyclic N) is 1. The second-order valence-corrected chi connectivity index (χ2v) is 6.43. The Morgan fingerprint density at radius 2 is 2.18 bits per heavy atom. The lowest BCUT2D eigenvalue weighted by molar-refractivity contribution is -0.0654. The van der Waals surface area contributed by atoms with Crippen LogP contribution in [0.1, 0.15) is 19.8 Å². The quantitative estimate of drug-likeness (QED) is 0.823. The third-order valence-electron chi connectivity index (χ3n) is 3.04. The number of rotatable bonds is 4. The van der Waals surface area contributed by atoms with Crippen LogP contribution in [0.15, 0.2) is 17.3 Å². The summed E-state index contributed by atoms with van der Waals surface area (Å²) in [6.07, 6.45) is 2.92. The molecule has 2 heterocycles. The first-order valence-electron chi connectivity index (χ1n) is 5.59. The van der Waals surface area contributed by atoms with E-state index in [0.717, 1.165) is 6.42 Å². The van der Waals surface area contributed by atoms with E-state index >= 15 is 0 Å². The Kier molecular flexibility index (Phi) is 3.01. The van der Waals surface area contributed by atoms with Crippen molar-refractivity contribution in [1.29, 1.82) is 0 Å². The normalized spacial score (nSPS) is 20.2. The summed E-state index contributed by atoms with van der Waals surface area (Å²) in [5, 5.41) is 14.0. The molecule has 7 heteroatoms. The number of aryl methyl sites for hydroxylation is 1. The number of nitrogens with zero attached hydrogens (tertiary/aromatic N) is 3. The van der Waals surface area contributed by atoms with Crippen molar-refractivity contribution in [2.45, 2.75) is 30.4 Å². The summed E-state index contributed by atoms with van der Waals surface area (Å²) >= 11 is 0. The zero-order valence-corrected chi connectivity index (χ0v) is 10.8. The first-order valence-corrected chi connectivity index (χ1v) is 7.03.